The van der Waals surface area contributed by atoms with E-state index < -0.39 is 35.7 Å². The molecule has 0 unspecified atom stereocenters. The smallest absolute Gasteiger partial charge is 0.343 e. The van der Waals surface area contributed by atoms with Gasteiger partial charge in [0.2, 0.25) is 0 Å². The third-order valence-corrected chi connectivity index (χ3v) is 3.09. The molecule has 0 saturated heterocycles. The number of carbonyl (C=O) groups is 2. The maximum absolute atomic E-state index is 12.9. The van der Waals surface area contributed by atoms with Gasteiger partial charge in [0, 0.05) is 0 Å². The Morgan fingerprint density at radius 3 is 2.32 bits per heavy atom. The Kier molecular flexibility index (Phi) is 5.89. The van der Waals surface area contributed by atoms with E-state index in [1.807, 2.05) is 6.07 Å². The number of benzene rings is 2. The lowest BCUT2D eigenvalue weighted by molar-refractivity contribution is -0.137. The van der Waals surface area contributed by atoms with Crippen LogP contribution >= 0.6 is 0 Å². The molecule has 2 aromatic rings. The van der Waals surface area contributed by atoms with E-state index in [9.17, 15) is 22.8 Å². The van der Waals surface area contributed by atoms with Gasteiger partial charge >= 0.3 is 6.18 Å². The molecular formula is C17H14F3N3O2. The second-order valence-electron chi connectivity index (χ2n) is 4.93. The summed E-state index contributed by atoms with van der Waals surface area (Å²) in [5.74, 6) is -1.65. The molecule has 130 valence electrons. The van der Waals surface area contributed by atoms with Gasteiger partial charge in [-0.25, -0.2) is 5.43 Å². The molecule has 0 aliphatic carbocycles. The zero-order chi connectivity index (χ0) is 18.3. The largest absolute Gasteiger partial charge is 0.417 e. The number of rotatable bonds is 5. The van der Waals surface area contributed by atoms with Gasteiger partial charge in [0.1, 0.15) is 0 Å². The summed E-state index contributed by atoms with van der Waals surface area (Å²) in [5.41, 5.74) is 1.33. The van der Waals surface area contributed by atoms with Crippen molar-refractivity contribution in [1.29, 1.82) is 0 Å². The number of hydrogen-bond donors (Lipinski definition) is 2. The van der Waals surface area contributed by atoms with Crippen LogP contribution in [0.5, 0.6) is 0 Å². The van der Waals surface area contributed by atoms with Crippen molar-refractivity contribution in [3.63, 3.8) is 0 Å². The predicted molar refractivity (Wildman–Crippen MR) is 86.0 cm³/mol. The van der Waals surface area contributed by atoms with Gasteiger partial charge < -0.3 is 5.32 Å². The SMILES string of the molecule is O=C(CNC(=O)c1ccccc1C(F)(F)F)N/N=C/c1ccccc1. The van der Waals surface area contributed by atoms with Crippen LogP contribution < -0.4 is 10.7 Å². The zero-order valence-corrected chi connectivity index (χ0v) is 12.9. The second kappa shape index (κ2) is 8.09. The molecule has 0 saturated carbocycles. The van der Waals surface area contributed by atoms with Crippen LogP contribution in [0.4, 0.5) is 13.2 Å². The average molecular weight is 349 g/mol. The van der Waals surface area contributed by atoms with Crippen LogP contribution in [0.3, 0.4) is 0 Å². The summed E-state index contributed by atoms with van der Waals surface area (Å²) in [6.45, 7) is -0.503. The van der Waals surface area contributed by atoms with Crippen LogP contribution in [-0.4, -0.2) is 24.6 Å². The minimum Gasteiger partial charge on any atom is -0.343 e. The zero-order valence-electron chi connectivity index (χ0n) is 12.9. The fraction of sp³-hybridized carbons (Fsp3) is 0.118. The van der Waals surface area contributed by atoms with Crippen LogP contribution in [0.25, 0.3) is 0 Å². The van der Waals surface area contributed by atoms with Crippen molar-refractivity contribution in [3.8, 4) is 0 Å². The molecule has 2 N–H and O–H groups in total. The molecule has 0 fully saturated rings. The molecule has 0 aliphatic rings. The highest BCUT2D eigenvalue weighted by atomic mass is 19.4. The molecule has 0 aliphatic heterocycles. The summed E-state index contributed by atoms with van der Waals surface area (Å²) < 4.78 is 38.6. The molecular weight excluding hydrogens is 335 g/mol. The normalized spacial score (nSPS) is 11.3. The molecule has 0 atom stereocenters. The summed E-state index contributed by atoms with van der Waals surface area (Å²) in [4.78, 5) is 23.5. The number of carbonyl (C=O) groups excluding carboxylic acids is 2. The first-order valence-electron chi connectivity index (χ1n) is 7.19. The van der Waals surface area contributed by atoms with Crippen LogP contribution in [0.1, 0.15) is 21.5 Å². The fourth-order valence-corrected chi connectivity index (χ4v) is 1.94. The standard InChI is InChI=1S/C17H14F3N3O2/c18-17(19,20)14-9-5-4-8-13(14)16(25)21-11-15(24)23-22-10-12-6-2-1-3-7-12/h1-10H,11H2,(H,21,25)(H,23,24)/b22-10+. The third-order valence-electron chi connectivity index (χ3n) is 3.09. The van der Waals surface area contributed by atoms with Crippen LogP contribution in [-0.2, 0) is 11.0 Å². The minimum atomic E-state index is -4.66. The topological polar surface area (TPSA) is 70.6 Å². The summed E-state index contributed by atoms with van der Waals surface area (Å²) in [7, 11) is 0. The Bertz CT molecular complexity index is 774. The Labute approximate surface area is 141 Å². The van der Waals surface area contributed by atoms with Gasteiger partial charge in [-0.2, -0.15) is 18.3 Å². The van der Waals surface area contributed by atoms with Gasteiger partial charge in [-0.3, -0.25) is 9.59 Å². The van der Waals surface area contributed by atoms with E-state index >= 15 is 0 Å². The molecule has 8 heteroatoms. The Morgan fingerprint density at radius 2 is 1.64 bits per heavy atom. The molecule has 2 aromatic carbocycles. The maximum Gasteiger partial charge on any atom is 0.417 e. The quantitative estimate of drug-likeness (QED) is 0.643. The number of alkyl halides is 3. The molecule has 0 spiro atoms. The van der Waals surface area contributed by atoms with Crippen molar-refractivity contribution in [2.45, 2.75) is 6.18 Å². The van der Waals surface area contributed by atoms with Crippen LogP contribution in [0.2, 0.25) is 0 Å². The maximum atomic E-state index is 12.9. The Balaban J connectivity index is 1.90. The first kappa shape index (κ1) is 18.2. The molecule has 25 heavy (non-hydrogen) atoms. The predicted octanol–water partition coefficient (Wildman–Crippen LogP) is 2.59. The van der Waals surface area contributed by atoms with E-state index in [0.29, 0.717) is 0 Å². The lowest BCUT2D eigenvalue weighted by Crippen LogP contribution is -2.35. The summed E-state index contributed by atoms with van der Waals surface area (Å²) in [5, 5.41) is 5.83. The van der Waals surface area contributed by atoms with Crippen molar-refractivity contribution in [1.82, 2.24) is 10.7 Å². The highest BCUT2D eigenvalue weighted by Gasteiger charge is 2.34. The molecule has 0 bridgehead atoms. The van der Waals surface area contributed by atoms with Gasteiger partial charge in [0.15, 0.2) is 0 Å². The minimum absolute atomic E-state index is 0.503. The van der Waals surface area contributed by atoms with Gasteiger partial charge in [-0.15, -0.1) is 0 Å². The van der Waals surface area contributed by atoms with E-state index in [0.717, 1.165) is 17.7 Å². The average Bonchev–Trinajstić information content (AvgIpc) is 2.60. The van der Waals surface area contributed by atoms with Crippen molar-refractivity contribution in [3.05, 3.63) is 71.3 Å². The van der Waals surface area contributed by atoms with Crippen LogP contribution in [0, 0.1) is 0 Å². The first-order chi connectivity index (χ1) is 11.9. The van der Waals surface area contributed by atoms with E-state index in [-0.39, 0.29) is 0 Å². The van der Waals surface area contributed by atoms with E-state index in [4.69, 9.17) is 0 Å². The molecule has 5 nitrogen and oxygen atoms in total. The first-order valence-corrected chi connectivity index (χ1v) is 7.19. The number of hydrogen-bond acceptors (Lipinski definition) is 3. The fourth-order valence-electron chi connectivity index (χ4n) is 1.94. The Morgan fingerprint density at radius 1 is 1.00 bits per heavy atom. The van der Waals surface area contributed by atoms with E-state index in [1.54, 1.807) is 24.3 Å². The number of halogens is 3. The Hall–Kier alpha value is -3.16. The van der Waals surface area contributed by atoms with Crippen molar-refractivity contribution < 1.29 is 22.8 Å². The number of amides is 2. The van der Waals surface area contributed by atoms with E-state index in [1.165, 1.54) is 18.3 Å². The second-order valence-corrected chi connectivity index (χ2v) is 4.93. The number of hydrazone groups is 1. The highest BCUT2D eigenvalue weighted by molar-refractivity contribution is 5.98. The lowest BCUT2D eigenvalue weighted by Gasteiger charge is -2.12. The van der Waals surface area contributed by atoms with Gasteiger partial charge in [-0.05, 0) is 17.7 Å². The summed E-state index contributed by atoms with van der Waals surface area (Å²) >= 11 is 0. The number of nitrogens with one attached hydrogen (secondary N) is 2. The summed E-state index contributed by atoms with van der Waals surface area (Å²) in [6.07, 6.45) is -3.26. The van der Waals surface area contributed by atoms with Gasteiger partial charge in [0.25, 0.3) is 11.8 Å². The molecule has 2 amide bonds. The van der Waals surface area contributed by atoms with Gasteiger partial charge in [-0.1, -0.05) is 42.5 Å². The highest BCUT2D eigenvalue weighted by Crippen LogP contribution is 2.31. The molecule has 0 aromatic heterocycles. The molecule has 0 radical (unpaired) electrons. The third kappa shape index (κ3) is 5.45. The van der Waals surface area contributed by atoms with Gasteiger partial charge in [0.05, 0.1) is 23.9 Å². The van der Waals surface area contributed by atoms with E-state index in [2.05, 4.69) is 15.8 Å². The molecule has 0 heterocycles. The lowest BCUT2D eigenvalue weighted by atomic mass is 10.1. The van der Waals surface area contributed by atoms with Crippen molar-refractivity contribution in [2.24, 2.45) is 5.10 Å². The van der Waals surface area contributed by atoms with Crippen molar-refractivity contribution in [2.75, 3.05) is 6.54 Å². The molecule has 2 rings (SSSR count). The van der Waals surface area contributed by atoms with Crippen molar-refractivity contribution >= 4 is 18.0 Å². The number of nitrogens with zero attached hydrogens (tertiary/aromatic N) is 1. The summed E-state index contributed by atoms with van der Waals surface area (Å²) in [6, 6.07) is 13.3. The monoisotopic (exact) mass is 349 g/mol. The van der Waals surface area contributed by atoms with Crippen LogP contribution in [0.15, 0.2) is 59.7 Å².